The van der Waals surface area contributed by atoms with Gasteiger partial charge in [0, 0.05) is 5.70 Å². The van der Waals surface area contributed by atoms with E-state index in [4.69, 9.17) is 5.73 Å². The van der Waals surface area contributed by atoms with Crippen molar-refractivity contribution < 1.29 is 0 Å². The van der Waals surface area contributed by atoms with Crippen LogP contribution in [0.1, 0.15) is 0 Å². The fourth-order valence-electron chi connectivity index (χ4n) is 0.339. The Hall–Kier alpha value is -1.46. The van der Waals surface area contributed by atoms with Gasteiger partial charge in [-0.05, 0) is 11.6 Å². The Bertz CT molecular complexity index is 215. The quantitative estimate of drug-likeness (QED) is 0.462. The van der Waals surface area contributed by atoms with Crippen LogP contribution in [0, 0.1) is 0 Å². The molecule has 52 valence electrons. The van der Waals surface area contributed by atoms with Gasteiger partial charge in [-0.2, -0.15) is 0 Å². The van der Waals surface area contributed by atoms with Gasteiger partial charge < -0.3 is 5.73 Å². The molecule has 0 aliphatic rings. The summed E-state index contributed by atoms with van der Waals surface area (Å²) in [5.41, 5.74) is 9.11. The third-order valence-electron chi connectivity index (χ3n) is 0.924. The Morgan fingerprint density at radius 1 is 1.40 bits per heavy atom. The first-order chi connectivity index (χ1) is 4.68. The second-order valence-corrected chi connectivity index (χ2v) is 1.78. The van der Waals surface area contributed by atoms with E-state index in [0.717, 1.165) is 0 Å². The standard InChI is InChI=1S/C9H11N/c1-4-5-6-7-8(2)9(3)10/h5-7H,1-3,10H2/b7-6-. The van der Waals surface area contributed by atoms with Crippen LogP contribution in [-0.4, -0.2) is 0 Å². The molecule has 0 aromatic carbocycles. The summed E-state index contributed by atoms with van der Waals surface area (Å²) in [4.78, 5) is 0. The van der Waals surface area contributed by atoms with E-state index in [1.54, 1.807) is 18.2 Å². The Labute approximate surface area is 61.6 Å². The Morgan fingerprint density at radius 3 is 2.40 bits per heavy atom. The molecule has 0 rings (SSSR count). The largest absolute Gasteiger partial charge is 0.399 e. The van der Waals surface area contributed by atoms with Gasteiger partial charge in [-0.3, -0.25) is 0 Å². The zero-order valence-corrected chi connectivity index (χ0v) is 5.93. The molecule has 10 heavy (non-hydrogen) atoms. The lowest BCUT2D eigenvalue weighted by Crippen LogP contribution is -1.94. The second kappa shape index (κ2) is 4.42. The molecule has 0 fully saturated rings. The summed E-state index contributed by atoms with van der Waals surface area (Å²) in [6.07, 6.45) is 5.18. The summed E-state index contributed by atoms with van der Waals surface area (Å²) < 4.78 is 0. The average molecular weight is 133 g/mol. The van der Waals surface area contributed by atoms with Crippen LogP contribution in [0.5, 0.6) is 0 Å². The monoisotopic (exact) mass is 133 g/mol. The molecule has 1 nitrogen and oxygen atoms in total. The Kier molecular flexibility index (Phi) is 3.78. The van der Waals surface area contributed by atoms with E-state index in [1.165, 1.54) is 0 Å². The molecule has 0 aromatic heterocycles. The van der Waals surface area contributed by atoms with E-state index < -0.39 is 0 Å². The number of rotatable bonds is 3. The van der Waals surface area contributed by atoms with Crippen LogP contribution >= 0.6 is 0 Å². The average Bonchev–Trinajstić information content (AvgIpc) is 1.88. The second-order valence-electron chi connectivity index (χ2n) is 1.78. The maximum absolute atomic E-state index is 5.32. The summed E-state index contributed by atoms with van der Waals surface area (Å²) in [5, 5.41) is 0. The van der Waals surface area contributed by atoms with Crippen LogP contribution in [0.2, 0.25) is 0 Å². The number of hydrogen-bond donors (Lipinski definition) is 1. The highest BCUT2D eigenvalue weighted by Crippen LogP contribution is 1.98. The molecular weight excluding hydrogens is 122 g/mol. The minimum Gasteiger partial charge on any atom is -0.399 e. The SMILES string of the molecule is C=C=C/C=C\C(=C)C(=C)N. The highest BCUT2D eigenvalue weighted by Gasteiger charge is 1.84. The fourth-order valence-corrected chi connectivity index (χ4v) is 0.339. The molecule has 0 atom stereocenters. The third-order valence-corrected chi connectivity index (χ3v) is 0.924. The molecule has 0 aromatic rings. The molecule has 0 aliphatic carbocycles. The molecule has 0 saturated carbocycles. The molecule has 0 saturated heterocycles. The first-order valence-electron chi connectivity index (χ1n) is 2.84. The summed E-state index contributed by atoms with van der Waals surface area (Å²) in [7, 11) is 0. The lowest BCUT2D eigenvalue weighted by molar-refractivity contribution is 1.39. The van der Waals surface area contributed by atoms with E-state index in [0.29, 0.717) is 11.3 Å². The van der Waals surface area contributed by atoms with E-state index in [2.05, 4.69) is 25.5 Å². The molecule has 0 amide bonds. The Morgan fingerprint density at radius 2 is 2.00 bits per heavy atom. The van der Waals surface area contributed by atoms with Crippen molar-refractivity contribution >= 4 is 0 Å². The van der Waals surface area contributed by atoms with E-state index in [9.17, 15) is 0 Å². The van der Waals surface area contributed by atoms with Crippen molar-refractivity contribution in [1.82, 2.24) is 0 Å². The van der Waals surface area contributed by atoms with Gasteiger partial charge in [-0.1, -0.05) is 31.9 Å². The van der Waals surface area contributed by atoms with Gasteiger partial charge in [0.25, 0.3) is 0 Å². The number of hydrogen-bond acceptors (Lipinski definition) is 1. The lowest BCUT2D eigenvalue weighted by atomic mass is 10.2. The molecule has 0 heterocycles. The molecule has 2 N–H and O–H groups in total. The van der Waals surface area contributed by atoms with Crippen LogP contribution in [0.4, 0.5) is 0 Å². The molecule has 0 bridgehead atoms. The van der Waals surface area contributed by atoms with Gasteiger partial charge in [0.2, 0.25) is 0 Å². The van der Waals surface area contributed by atoms with Gasteiger partial charge in [0.05, 0.1) is 0 Å². The molecule has 1 heteroatoms. The first-order valence-corrected chi connectivity index (χ1v) is 2.84. The van der Waals surface area contributed by atoms with Gasteiger partial charge in [-0.25, -0.2) is 0 Å². The smallest absolute Gasteiger partial charge is 0.0308 e. The summed E-state index contributed by atoms with van der Waals surface area (Å²) >= 11 is 0. The summed E-state index contributed by atoms with van der Waals surface area (Å²) in [6, 6.07) is 0. The Balaban J connectivity index is 4.02. The lowest BCUT2D eigenvalue weighted by Gasteiger charge is -1.93. The summed E-state index contributed by atoms with van der Waals surface area (Å²) in [6.45, 7) is 10.5. The zero-order chi connectivity index (χ0) is 7.98. The zero-order valence-electron chi connectivity index (χ0n) is 5.93. The number of nitrogens with two attached hydrogens (primary N) is 1. The summed E-state index contributed by atoms with van der Waals surface area (Å²) in [5.74, 6) is 0. The topological polar surface area (TPSA) is 26.0 Å². The van der Waals surface area contributed by atoms with Gasteiger partial charge in [0.15, 0.2) is 0 Å². The van der Waals surface area contributed by atoms with E-state index >= 15 is 0 Å². The number of allylic oxidation sites excluding steroid dienone is 3. The van der Waals surface area contributed by atoms with E-state index in [-0.39, 0.29) is 0 Å². The normalized spacial score (nSPS) is 8.80. The van der Waals surface area contributed by atoms with Crippen molar-refractivity contribution in [1.29, 1.82) is 0 Å². The van der Waals surface area contributed by atoms with Gasteiger partial charge in [-0.15, -0.1) is 5.73 Å². The minimum absolute atomic E-state index is 0.480. The maximum atomic E-state index is 5.32. The van der Waals surface area contributed by atoms with E-state index in [1.807, 2.05) is 0 Å². The van der Waals surface area contributed by atoms with Crippen LogP contribution in [0.3, 0.4) is 0 Å². The van der Waals surface area contributed by atoms with Crippen molar-refractivity contribution in [3.63, 3.8) is 0 Å². The van der Waals surface area contributed by atoms with Gasteiger partial charge in [0.1, 0.15) is 0 Å². The van der Waals surface area contributed by atoms with Gasteiger partial charge >= 0.3 is 0 Å². The molecule has 0 spiro atoms. The highest BCUT2D eigenvalue weighted by atomic mass is 14.6. The predicted molar refractivity (Wildman–Crippen MR) is 45.3 cm³/mol. The van der Waals surface area contributed by atoms with Crippen molar-refractivity contribution in [3.05, 3.63) is 55.0 Å². The molecule has 0 aliphatic heterocycles. The molecule has 0 unspecified atom stereocenters. The fraction of sp³-hybridized carbons (Fsp3) is 0. The van der Waals surface area contributed by atoms with Crippen LogP contribution < -0.4 is 5.73 Å². The van der Waals surface area contributed by atoms with Crippen molar-refractivity contribution in [2.75, 3.05) is 0 Å². The van der Waals surface area contributed by atoms with Crippen molar-refractivity contribution in [2.45, 2.75) is 0 Å². The molecule has 0 radical (unpaired) electrons. The van der Waals surface area contributed by atoms with Crippen LogP contribution in [-0.2, 0) is 0 Å². The maximum Gasteiger partial charge on any atom is 0.0308 e. The van der Waals surface area contributed by atoms with Crippen molar-refractivity contribution in [2.24, 2.45) is 5.73 Å². The van der Waals surface area contributed by atoms with Crippen LogP contribution in [0.25, 0.3) is 0 Å². The van der Waals surface area contributed by atoms with Crippen LogP contribution in [0.15, 0.2) is 55.0 Å². The minimum atomic E-state index is 0.480. The first kappa shape index (κ1) is 8.54. The third kappa shape index (κ3) is 3.53. The van der Waals surface area contributed by atoms with Crippen molar-refractivity contribution in [3.8, 4) is 0 Å². The highest BCUT2D eigenvalue weighted by molar-refractivity contribution is 5.34. The molecular formula is C9H11N. The predicted octanol–water partition coefficient (Wildman–Crippen LogP) is 1.91.